The third-order valence-electron chi connectivity index (χ3n) is 4.09. The maximum absolute atomic E-state index is 5.98. The van der Waals surface area contributed by atoms with Crippen molar-refractivity contribution >= 4 is 11.4 Å². The molecule has 0 heterocycles. The van der Waals surface area contributed by atoms with Crippen LogP contribution in [-0.4, -0.2) is 6.54 Å². The average molecular weight is 266 g/mol. The van der Waals surface area contributed by atoms with Crippen molar-refractivity contribution < 1.29 is 0 Å². The van der Waals surface area contributed by atoms with E-state index >= 15 is 0 Å². The van der Waals surface area contributed by atoms with Crippen LogP contribution in [-0.2, 0) is 0 Å². The quantitative estimate of drug-likeness (QED) is 0.820. The lowest BCUT2D eigenvalue weighted by Gasteiger charge is -2.33. The summed E-state index contributed by atoms with van der Waals surface area (Å²) in [4.78, 5) is 2.51. The van der Waals surface area contributed by atoms with Gasteiger partial charge in [-0.15, -0.1) is 0 Å². The van der Waals surface area contributed by atoms with E-state index in [0.717, 1.165) is 18.2 Å². The van der Waals surface area contributed by atoms with Crippen LogP contribution in [0.1, 0.15) is 31.4 Å². The van der Waals surface area contributed by atoms with Crippen LogP contribution < -0.4 is 10.6 Å². The second-order valence-electron chi connectivity index (χ2n) is 5.57. The largest absolute Gasteiger partial charge is 0.399 e. The highest BCUT2D eigenvalue weighted by Gasteiger charge is 2.36. The highest BCUT2D eigenvalue weighted by Crippen LogP contribution is 2.46. The van der Waals surface area contributed by atoms with Gasteiger partial charge in [0.1, 0.15) is 0 Å². The number of para-hydroxylation sites is 1. The minimum absolute atomic E-state index is 0.450. The van der Waals surface area contributed by atoms with Crippen LogP contribution in [0, 0.1) is 5.92 Å². The van der Waals surface area contributed by atoms with Crippen LogP contribution in [0.15, 0.2) is 54.6 Å². The molecule has 1 unspecified atom stereocenters. The second kappa shape index (κ2) is 5.58. The molecule has 2 aromatic carbocycles. The molecule has 0 spiro atoms. The number of hydrogen-bond donors (Lipinski definition) is 1. The van der Waals surface area contributed by atoms with E-state index in [1.807, 2.05) is 6.07 Å². The number of nitrogens with two attached hydrogens (primary N) is 1. The zero-order valence-electron chi connectivity index (χ0n) is 12.0. The molecule has 2 heteroatoms. The molecule has 1 saturated carbocycles. The van der Waals surface area contributed by atoms with Gasteiger partial charge in [-0.3, -0.25) is 0 Å². The molecular weight excluding hydrogens is 244 g/mol. The Morgan fingerprint density at radius 3 is 2.45 bits per heavy atom. The smallest absolute Gasteiger partial charge is 0.0571 e. The molecule has 3 rings (SSSR count). The van der Waals surface area contributed by atoms with Crippen molar-refractivity contribution in [2.45, 2.75) is 25.8 Å². The van der Waals surface area contributed by atoms with Gasteiger partial charge in [0.25, 0.3) is 0 Å². The fourth-order valence-corrected chi connectivity index (χ4v) is 3.02. The maximum atomic E-state index is 5.98. The van der Waals surface area contributed by atoms with E-state index in [9.17, 15) is 0 Å². The second-order valence-corrected chi connectivity index (χ2v) is 5.57. The Morgan fingerprint density at radius 2 is 1.85 bits per heavy atom. The molecule has 1 atom stereocenters. The van der Waals surface area contributed by atoms with E-state index in [2.05, 4.69) is 60.4 Å². The summed E-state index contributed by atoms with van der Waals surface area (Å²) in [5, 5.41) is 0. The predicted octanol–water partition coefficient (Wildman–Crippen LogP) is 4.25. The summed E-state index contributed by atoms with van der Waals surface area (Å²) in [6.07, 6.45) is 2.64. The first-order chi connectivity index (χ1) is 9.79. The van der Waals surface area contributed by atoms with Crippen LogP contribution in [0.5, 0.6) is 0 Å². The monoisotopic (exact) mass is 266 g/mol. The van der Waals surface area contributed by atoms with Crippen LogP contribution in [0.2, 0.25) is 0 Å². The van der Waals surface area contributed by atoms with Crippen molar-refractivity contribution in [3.8, 4) is 0 Å². The third-order valence-corrected chi connectivity index (χ3v) is 4.09. The first-order valence-corrected chi connectivity index (χ1v) is 7.46. The third kappa shape index (κ3) is 2.64. The number of rotatable bonds is 5. The first kappa shape index (κ1) is 13.0. The Balaban J connectivity index is 1.97. The Kier molecular flexibility index (Phi) is 3.64. The van der Waals surface area contributed by atoms with Crippen LogP contribution in [0.25, 0.3) is 0 Å². The average Bonchev–Trinajstić information content (AvgIpc) is 3.30. The minimum Gasteiger partial charge on any atom is -0.399 e. The number of nitrogen functional groups attached to an aromatic ring is 1. The number of benzene rings is 2. The summed E-state index contributed by atoms with van der Waals surface area (Å²) in [7, 11) is 0. The van der Waals surface area contributed by atoms with E-state index in [1.165, 1.54) is 24.1 Å². The van der Waals surface area contributed by atoms with Crippen molar-refractivity contribution in [1.82, 2.24) is 0 Å². The van der Waals surface area contributed by atoms with Crippen molar-refractivity contribution in [2.24, 2.45) is 5.92 Å². The zero-order chi connectivity index (χ0) is 13.9. The van der Waals surface area contributed by atoms with Gasteiger partial charge in [0.05, 0.1) is 6.04 Å². The Bertz CT molecular complexity index is 561. The van der Waals surface area contributed by atoms with Crippen molar-refractivity contribution in [2.75, 3.05) is 17.2 Å². The fraction of sp³-hybridized carbons (Fsp3) is 0.333. The van der Waals surface area contributed by atoms with Gasteiger partial charge in [0.2, 0.25) is 0 Å². The minimum atomic E-state index is 0.450. The van der Waals surface area contributed by atoms with Gasteiger partial charge in [-0.25, -0.2) is 0 Å². The Hall–Kier alpha value is -1.96. The van der Waals surface area contributed by atoms with E-state index in [1.54, 1.807) is 0 Å². The lowest BCUT2D eigenvalue weighted by Crippen LogP contribution is -2.30. The number of hydrogen-bond acceptors (Lipinski definition) is 2. The Morgan fingerprint density at radius 1 is 1.10 bits per heavy atom. The number of nitrogens with zero attached hydrogens (tertiary/aromatic N) is 1. The van der Waals surface area contributed by atoms with E-state index in [-0.39, 0.29) is 0 Å². The highest BCUT2D eigenvalue weighted by molar-refractivity contribution is 5.51. The predicted molar refractivity (Wildman–Crippen MR) is 85.8 cm³/mol. The summed E-state index contributed by atoms with van der Waals surface area (Å²) in [5.41, 5.74) is 9.48. The maximum Gasteiger partial charge on any atom is 0.0571 e. The Labute approximate surface area is 121 Å². The highest BCUT2D eigenvalue weighted by atomic mass is 15.2. The molecule has 2 N–H and O–H groups in total. The molecule has 20 heavy (non-hydrogen) atoms. The molecule has 1 fully saturated rings. The normalized spacial score (nSPS) is 15.8. The molecule has 0 saturated heterocycles. The van der Waals surface area contributed by atoms with Gasteiger partial charge in [0.15, 0.2) is 0 Å². The molecular formula is C18H22N2. The summed E-state index contributed by atoms with van der Waals surface area (Å²) in [5.74, 6) is 0.761. The standard InChI is InChI=1S/C18H22N2/c1-2-20(17-9-4-3-5-10-17)18(14-11-12-14)15-7-6-8-16(19)13-15/h3-10,13-14,18H,2,11-12,19H2,1H3. The first-order valence-electron chi connectivity index (χ1n) is 7.46. The molecule has 0 radical (unpaired) electrons. The van der Waals surface area contributed by atoms with Crippen LogP contribution >= 0.6 is 0 Å². The molecule has 104 valence electrons. The topological polar surface area (TPSA) is 29.3 Å². The van der Waals surface area contributed by atoms with Crippen LogP contribution in [0.3, 0.4) is 0 Å². The van der Waals surface area contributed by atoms with Gasteiger partial charge < -0.3 is 10.6 Å². The molecule has 0 aliphatic heterocycles. The van der Waals surface area contributed by atoms with Crippen molar-refractivity contribution in [3.05, 3.63) is 60.2 Å². The summed E-state index contributed by atoms with van der Waals surface area (Å²) in [6.45, 7) is 3.24. The van der Waals surface area contributed by atoms with Gasteiger partial charge in [-0.2, -0.15) is 0 Å². The van der Waals surface area contributed by atoms with Gasteiger partial charge in [-0.05, 0) is 55.5 Å². The molecule has 0 bridgehead atoms. The lowest BCUT2D eigenvalue weighted by molar-refractivity contribution is 0.567. The molecule has 0 aromatic heterocycles. The summed E-state index contributed by atoms with van der Waals surface area (Å²) in [6, 6.07) is 19.5. The molecule has 2 nitrogen and oxygen atoms in total. The molecule has 1 aliphatic rings. The summed E-state index contributed by atoms with van der Waals surface area (Å²) >= 11 is 0. The van der Waals surface area contributed by atoms with Gasteiger partial charge in [-0.1, -0.05) is 30.3 Å². The molecule has 2 aromatic rings. The van der Waals surface area contributed by atoms with Crippen LogP contribution in [0.4, 0.5) is 11.4 Å². The summed E-state index contributed by atoms with van der Waals surface area (Å²) < 4.78 is 0. The van der Waals surface area contributed by atoms with E-state index in [0.29, 0.717) is 6.04 Å². The molecule has 0 amide bonds. The van der Waals surface area contributed by atoms with Gasteiger partial charge >= 0.3 is 0 Å². The molecule has 1 aliphatic carbocycles. The number of anilines is 2. The van der Waals surface area contributed by atoms with Crippen molar-refractivity contribution in [3.63, 3.8) is 0 Å². The lowest BCUT2D eigenvalue weighted by atomic mass is 9.99. The SMILES string of the molecule is CCN(c1ccccc1)C(c1cccc(N)c1)C1CC1. The van der Waals surface area contributed by atoms with Crippen molar-refractivity contribution in [1.29, 1.82) is 0 Å². The van der Waals surface area contributed by atoms with Gasteiger partial charge in [0, 0.05) is 17.9 Å². The zero-order valence-corrected chi connectivity index (χ0v) is 12.0. The fourth-order valence-electron chi connectivity index (χ4n) is 3.02. The van der Waals surface area contributed by atoms with E-state index < -0.39 is 0 Å². The van der Waals surface area contributed by atoms with E-state index in [4.69, 9.17) is 5.73 Å².